The van der Waals surface area contributed by atoms with Crippen LogP contribution in [-0.2, 0) is 10.5 Å². The smallest absolute Gasteiger partial charge is 0.304 e. The van der Waals surface area contributed by atoms with Crippen LogP contribution in [0.3, 0.4) is 0 Å². The second-order valence-corrected chi connectivity index (χ2v) is 6.51. The van der Waals surface area contributed by atoms with E-state index < -0.39 is 5.97 Å². The second kappa shape index (κ2) is 6.73. The SMILES string of the molecule is CC(CC(=O)O)SCc1csc(-c2ccccc2)n1. The summed E-state index contributed by atoms with van der Waals surface area (Å²) in [5.41, 5.74) is 2.15. The summed E-state index contributed by atoms with van der Waals surface area (Å²) in [6.07, 6.45) is 0.195. The Kier molecular flexibility index (Phi) is 4.99. The maximum Gasteiger partial charge on any atom is 0.304 e. The van der Waals surface area contributed by atoms with E-state index in [1.807, 2.05) is 42.6 Å². The van der Waals surface area contributed by atoms with Crippen molar-refractivity contribution in [1.29, 1.82) is 0 Å². The summed E-state index contributed by atoms with van der Waals surface area (Å²) in [6.45, 7) is 1.93. The first-order valence-corrected chi connectivity index (χ1v) is 7.91. The van der Waals surface area contributed by atoms with E-state index >= 15 is 0 Å². The lowest BCUT2D eigenvalue weighted by Crippen LogP contribution is -2.05. The fourth-order valence-corrected chi connectivity index (χ4v) is 3.41. The Morgan fingerprint density at radius 1 is 1.42 bits per heavy atom. The summed E-state index contributed by atoms with van der Waals surface area (Å²) in [6, 6.07) is 10.1. The number of rotatable bonds is 6. The lowest BCUT2D eigenvalue weighted by atomic mass is 10.2. The van der Waals surface area contributed by atoms with Crippen molar-refractivity contribution in [3.8, 4) is 10.6 Å². The monoisotopic (exact) mass is 293 g/mol. The summed E-state index contributed by atoms with van der Waals surface area (Å²) >= 11 is 3.26. The number of carbonyl (C=O) groups is 1. The van der Waals surface area contributed by atoms with Crippen molar-refractivity contribution in [3.63, 3.8) is 0 Å². The molecule has 0 bridgehead atoms. The van der Waals surface area contributed by atoms with Gasteiger partial charge in [0.05, 0.1) is 12.1 Å². The van der Waals surface area contributed by atoms with Crippen LogP contribution >= 0.6 is 23.1 Å². The van der Waals surface area contributed by atoms with Crippen LogP contribution in [0.25, 0.3) is 10.6 Å². The Bertz CT molecular complexity index is 539. The van der Waals surface area contributed by atoms with E-state index in [2.05, 4.69) is 4.98 Å². The van der Waals surface area contributed by atoms with Gasteiger partial charge in [-0.25, -0.2) is 4.98 Å². The molecule has 1 aromatic carbocycles. The van der Waals surface area contributed by atoms with Crippen LogP contribution in [0.4, 0.5) is 0 Å². The first-order chi connectivity index (χ1) is 9.15. The summed E-state index contributed by atoms with van der Waals surface area (Å²) < 4.78 is 0. The number of carboxylic acid groups (broad SMARTS) is 1. The predicted molar refractivity (Wildman–Crippen MR) is 80.6 cm³/mol. The van der Waals surface area contributed by atoms with Gasteiger partial charge in [-0.3, -0.25) is 4.79 Å². The van der Waals surface area contributed by atoms with Crippen LogP contribution in [0.15, 0.2) is 35.7 Å². The lowest BCUT2D eigenvalue weighted by molar-refractivity contribution is -0.136. The van der Waals surface area contributed by atoms with Gasteiger partial charge in [0.1, 0.15) is 5.01 Å². The quantitative estimate of drug-likeness (QED) is 0.877. The van der Waals surface area contributed by atoms with Gasteiger partial charge in [-0.15, -0.1) is 11.3 Å². The maximum absolute atomic E-state index is 10.6. The highest BCUT2D eigenvalue weighted by molar-refractivity contribution is 7.99. The largest absolute Gasteiger partial charge is 0.481 e. The third kappa shape index (κ3) is 4.36. The number of carboxylic acids is 1. The molecule has 100 valence electrons. The van der Waals surface area contributed by atoms with E-state index in [9.17, 15) is 4.79 Å². The van der Waals surface area contributed by atoms with Crippen molar-refractivity contribution in [2.75, 3.05) is 0 Å². The van der Waals surface area contributed by atoms with Gasteiger partial charge in [-0.05, 0) is 0 Å². The van der Waals surface area contributed by atoms with E-state index in [-0.39, 0.29) is 11.7 Å². The molecule has 1 aromatic heterocycles. The molecule has 1 unspecified atom stereocenters. The van der Waals surface area contributed by atoms with Gasteiger partial charge in [0.15, 0.2) is 0 Å². The summed E-state index contributed by atoms with van der Waals surface area (Å²) in [7, 11) is 0. The molecule has 1 heterocycles. The molecule has 1 atom stereocenters. The topological polar surface area (TPSA) is 50.2 Å². The number of hydrogen-bond donors (Lipinski definition) is 1. The van der Waals surface area contributed by atoms with E-state index in [1.165, 1.54) is 0 Å². The van der Waals surface area contributed by atoms with Gasteiger partial charge in [0.25, 0.3) is 0 Å². The Balaban J connectivity index is 1.93. The molecule has 0 aliphatic rings. The molecule has 19 heavy (non-hydrogen) atoms. The maximum atomic E-state index is 10.6. The molecule has 0 saturated carbocycles. The molecular formula is C14H15NO2S2. The van der Waals surface area contributed by atoms with Gasteiger partial charge in [0, 0.05) is 21.9 Å². The third-order valence-corrected chi connectivity index (χ3v) is 4.69. The fraction of sp³-hybridized carbons (Fsp3) is 0.286. The summed E-state index contributed by atoms with van der Waals surface area (Å²) in [5, 5.41) is 11.9. The molecule has 0 fully saturated rings. The Hall–Kier alpha value is -1.33. The van der Waals surface area contributed by atoms with Gasteiger partial charge >= 0.3 is 5.97 Å². The standard InChI is InChI=1S/C14H15NO2S2/c1-10(7-13(16)17)18-8-12-9-19-14(15-12)11-5-3-2-4-6-11/h2-6,9-10H,7-8H2,1H3,(H,16,17). The van der Waals surface area contributed by atoms with E-state index in [0.29, 0.717) is 0 Å². The van der Waals surface area contributed by atoms with E-state index in [0.717, 1.165) is 22.0 Å². The Morgan fingerprint density at radius 2 is 2.16 bits per heavy atom. The van der Waals surface area contributed by atoms with E-state index in [1.54, 1.807) is 23.1 Å². The average Bonchev–Trinajstić information content (AvgIpc) is 2.85. The average molecular weight is 293 g/mol. The number of thiazole rings is 1. The summed E-state index contributed by atoms with van der Waals surface area (Å²) in [5.74, 6) is 0.0147. The molecule has 1 N–H and O–H groups in total. The first kappa shape index (κ1) is 14.1. The van der Waals surface area contributed by atoms with Crippen molar-refractivity contribution in [3.05, 3.63) is 41.4 Å². The number of aliphatic carboxylic acids is 1. The summed E-state index contributed by atoms with van der Waals surface area (Å²) in [4.78, 5) is 15.2. The minimum absolute atomic E-state index is 0.111. The molecule has 0 aliphatic heterocycles. The fourth-order valence-electron chi connectivity index (χ4n) is 1.62. The zero-order valence-corrected chi connectivity index (χ0v) is 12.2. The van der Waals surface area contributed by atoms with Gasteiger partial charge < -0.3 is 5.11 Å². The highest BCUT2D eigenvalue weighted by atomic mass is 32.2. The molecule has 0 aliphatic carbocycles. The highest BCUT2D eigenvalue weighted by Crippen LogP contribution is 2.26. The minimum Gasteiger partial charge on any atom is -0.481 e. The predicted octanol–water partition coefficient (Wildman–Crippen LogP) is 3.91. The van der Waals surface area contributed by atoms with Crippen LogP contribution in [0.2, 0.25) is 0 Å². The molecule has 2 rings (SSSR count). The minimum atomic E-state index is -0.747. The van der Waals surface area contributed by atoms with Crippen LogP contribution in [0.1, 0.15) is 19.0 Å². The molecule has 0 radical (unpaired) electrons. The Morgan fingerprint density at radius 3 is 2.84 bits per heavy atom. The number of benzene rings is 1. The van der Waals surface area contributed by atoms with Gasteiger partial charge in [-0.2, -0.15) is 11.8 Å². The second-order valence-electron chi connectivity index (χ2n) is 4.23. The molecule has 2 aromatic rings. The number of thioether (sulfide) groups is 1. The van der Waals surface area contributed by atoms with E-state index in [4.69, 9.17) is 5.11 Å². The lowest BCUT2D eigenvalue weighted by Gasteiger charge is -2.06. The van der Waals surface area contributed by atoms with Gasteiger partial charge in [-0.1, -0.05) is 37.3 Å². The Labute approximate surface area is 120 Å². The van der Waals surface area contributed by atoms with Crippen LogP contribution in [0.5, 0.6) is 0 Å². The third-order valence-electron chi connectivity index (χ3n) is 2.55. The molecular weight excluding hydrogens is 278 g/mol. The normalized spacial score (nSPS) is 12.3. The zero-order valence-electron chi connectivity index (χ0n) is 10.6. The van der Waals surface area contributed by atoms with Gasteiger partial charge in [0.2, 0.25) is 0 Å². The van der Waals surface area contributed by atoms with Crippen molar-refractivity contribution in [1.82, 2.24) is 4.98 Å². The first-order valence-electron chi connectivity index (χ1n) is 5.98. The van der Waals surface area contributed by atoms with Crippen molar-refractivity contribution in [2.45, 2.75) is 24.3 Å². The van der Waals surface area contributed by atoms with Crippen molar-refractivity contribution >= 4 is 29.1 Å². The zero-order chi connectivity index (χ0) is 13.7. The van der Waals surface area contributed by atoms with Crippen molar-refractivity contribution in [2.24, 2.45) is 0 Å². The van der Waals surface area contributed by atoms with Crippen LogP contribution in [-0.4, -0.2) is 21.3 Å². The van der Waals surface area contributed by atoms with Crippen molar-refractivity contribution < 1.29 is 9.90 Å². The number of hydrogen-bond acceptors (Lipinski definition) is 4. The van der Waals surface area contributed by atoms with Crippen LogP contribution < -0.4 is 0 Å². The highest BCUT2D eigenvalue weighted by Gasteiger charge is 2.10. The molecule has 0 amide bonds. The molecule has 5 heteroatoms. The molecule has 3 nitrogen and oxygen atoms in total. The number of aromatic nitrogens is 1. The van der Waals surface area contributed by atoms with Crippen LogP contribution in [0, 0.1) is 0 Å². The molecule has 0 saturated heterocycles. The number of nitrogens with zero attached hydrogens (tertiary/aromatic N) is 1. The molecule has 0 spiro atoms.